The highest BCUT2D eigenvalue weighted by Crippen LogP contribution is 2.28. The van der Waals surface area contributed by atoms with Gasteiger partial charge in [0.2, 0.25) is 5.91 Å². The lowest BCUT2D eigenvalue weighted by Crippen LogP contribution is -2.13. The zero-order chi connectivity index (χ0) is 20.3. The van der Waals surface area contributed by atoms with Gasteiger partial charge in [0, 0.05) is 34.6 Å². The number of thiazole rings is 1. The summed E-state index contributed by atoms with van der Waals surface area (Å²) in [7, 11) is 0. The number of halogens is 1. The number of nitro groups is 1. The van der Waals surface area contributed by atoms with Crippen molar-refractivity contribution in [2.24, 2.45) is 0 Å². The van der Waals surface area contributed by atoms with Gasteiger partial charge >= 0.3 is 0 Å². The number of aromatic nitrogens is 1. The molecule has 0 unspecified atom stereocenters. The normalized spacial score (nSPS) is 10.4. The zero-order valence-corrected chi connectivity index (χ0v) is 16.0. The molecule has 0 aliphatic carbocycles. The Bertz CT molecular complexity index is 1070. The summed E-state index contributed by atoms with van der Waals surface area (Å²) < 4.78 is 0. The molecular formula is C18H13ClN4O4S. The standard InChI is InChI=1S/C18H13ClN4O4S/c1-10(24)20-13-5-2-11(3-6-13)15-9-28-18(21-15)22-17(25)14-7-4-12(19)8-16(14)23(26)27/h2-9H,1H3,(H,20,24)(H,21,22,25). The Kier molecular flexibility index (Phi) is 5.67. The van der Waals surface area contributed by atoms with Crippen molar-refractivity contribution in [3.63, 3.8) is 0 Å². The number of amides is 2. The fourth-order valence-corrected chi connectivity index (χ4v) is 3.28. The second-order valence-corrected chi connectivity index (χ2v) is 6.96. The average Bonchev–Trinajstić information content (AvgIpc) is 3.10. The lowest BCUT2D eigenvalue weighted by Gasteiger charge is -2.04. The molecule has 0 atom stereocenters. The third-order valence-electron chi connectivity index (χ3n) is 3.63. The van der Waals surface area contributed by atoms with Crippen LogP contribution in [0.15, 0.2) is 47.8 Å². The first-order valence-electron chi connectivity index (χ1n) is 7.92. The van der Waals surface area contributed by atoms with E-state index >= 15 is 0 Å². The number of hydrogen-bond donors (Lipinski definition) is 2. The van der Waals surface area contributed by atoms with E-state index in [0.29, 0.717) is 16.5 Å². The smallest absolute Gasteiger partial charge is 0.283 e. The predicted molar refractivity (Wildman–Crippen MR) is 108 cm³/mol. The molecule has 2 amide bonds. The lowest BCUT2D eigenvalue weighted by atomic mass is 10.1. The Morgan fingerprint density at radius 2 is 1.86 bits per heavy atom. The maximum atomic E-state index is 12.4. The third kappa shape index (κ3) is 4.51. The van der Waals surface area contributed by atoms with E-state index in [1.54, 1.807) is 29.6 Å². The maximum absolute atomic E-state index is 12.4. The molecule has 2 aromatic carbocycles. The van der Waals surface area contributed by atoms with E-state index in [1.165, 1.54) is 30.4 Å². The van der Waals surface area contributed by atoms with E-state index in [9.17, 15) is 19.7 Å². The molecule has 2 N–H and O–H groups in total. The molecule has 0 aliphatic rings. The van der Waals surface area contributed by atoms with Crippen LogP contribution in [0.25, 0.3) is 11.3 Å². The van der Waals surface area contributed by atoms with Gasteiger partial charge in [0.1, 0.15) is 5.56 Å². The molecule has 10 heteroatoms. The van der Waals surface area contributed by atoms with Crippen LogP contribution >= 0.6 is 22.9 Å². The molecule has 1 aromatic heterocycles. The molecule has 0 saturated heterocycles. The minimum Gasteiger partial charge on any atom is -0.326 e. The molecule has 28 heavy (non-hydrogen) atoms. The number of anilines is 2. The molecule has 8 nitrogen and oxygen atoms in total. The Morgan fingerprint density at radius 3 is 2.50 bits per heavy atom. The summed E-state index contributed by atoms with van der Waals surface area (Å²) in [4.78, 5) is 38.3. The van der Waals surface area contributed by atoms with E-state index in [-0.39, 0.29) is 22.2 Å². The molecule has 0 saturated carbocycles. The average molecular weight is 417 g/mol. The second kappa shape index (κ2) is 8.15. The number of benzene rings is 2. The monoisotopic (exact) mass is 416 g/mol. The van der Waals surface area contributed by atoms with Crippen molar-refractivity contribution in [3.05, 3.63) is 68.5 Å². The van der Waals surface area contributed by atoms with Gasteiger partial charge in [0.15, 0.2) is 5.13 Å². The van der Waals surface area contributed by atoms with E-state index in [0.717, 1.165) is 11.6 Å². The van der Waals surface area contributed by atoms with Crippen LogP contribution in [0, 0.1) is 10.1 Å². The Labute approximate surface area is 168 Å². The largest absolute Gasteiger partial charge is 0.326 e. The summed E-state index contributed by atoms with van der Waals surface area (Å²) in [6.45, 7) is 1.42. The van der Waals surface area contributed by atoms with Crippen LogP contribution in [0.3, 0.4) is 0 Å². The van der Waals surface area contributed by atoms with Crippen molar-refractivity contribution in [2.45, 2.75) is 6.92 Å². The first-order valence-corrected chi connectivity index (χ1v) is 9.18. The van der Waals surface area contributed by atoms with Gasteiger partial charge in [-0.1, -0.05) is 23.7 Å². The summed E-state index contributed by atoms with van der Waals surface area (Å²) in [5, 5.41) is 18.6. The SMILES string of the molecule is CC(=O)Nc1ccc(-c2csc(NC(=O)c3ccc(Cl)cc3[N+](=O)[O-])n2)cc1. The highest BCUT2D eigenvalue weighted by Gasteiger charge is 2.21. The van der Waals surface area contributed by atoms with Crippen molar-refractivity contribution in [3.8, 4) is 11.3 Å². The Hall–Kier alpha value is -3.30. The Balaban J connectivity index is 1.77. The molecule has 0 aliphatic heterocycles. The summed E-state index contributed by atoms with van der Waals surface area (Å²) in [6, 6.07) is 10.9. The zero-order valence-electron chi connectivity index (χ0n) is 14.4. The first kappa shape index (κ1) is 19.5. The number of rotatable bonds is 5. The number of nitrogens with one attached hydrogen (secondary N) is 2. The van der Waals surface area contributed by atoms with Gasteiger partial charge in [-0.2, -0.15) is 0 Å². The molecular weight excluding hydrogens is 404 g/mol. The van der Waals surface area contributed by atoms with E-state index in [2.05, 4.69) is 15.6 Å². The lowest BCUT2D eigenvalue weighted by molar-refractivity contribution is -0.385. The maximum Gasteiger partial charge on any atom is 0.283 e. The molecule has 0 fully saturated rings. The summed E-state index contributed by atoms with van der Waals surface area (Å²) in [5.74, 6) is -0.812. The highest BCUT2D eigenvalue weighted by atomic mass is 35.5. The summed E-state index contributed by atoms with van der Waals surface area (Å²) in [6.07, 6.45) is 0. The molecule has 142 valence electrons. The topological polar surface area (TPSA) is 114 Å². The van der Waals surface area contributed by atoms with Gasteiger partial charge in [-0.05, 0) is 24.3 Å². The van der Waals surface area contributed by atoms with Crippen molar-refractivity contribution in [1.29, 1.82) is 0 Å². The minimum atomic E-state index is -0.662. The quantitative estimate of drug-likeness (QED) is 0.466. The number of carbonyl (C=O) groups excluding carboxylic acids is 2. The van der Waals surface area contributed by atoms with Gasteiger partial charge in [-0.15, -0.1) is 11.3 Å². The van der Waals surface area contributed by atoms with E-state index in [1.807, 2.05) is 0 Å². The number of hydrogen-bond acceptors (Lipinski definition) is 6. The third-order valence-corrected chi connectivity index (χ3v) is 4.62. The van der Waals surface area contributed by atoms with Gasteiger partial charge < -0.3 is 5.32 Å². The van der Waals surface area contributed by atoms with Crippen LogP contribution in [-0.4, -0.2) is 21.7 Å². The van der Waals surface area contributed by atoms with Gasteiger partial charge in [-0.3, -0.25) is 25.0 Å². The summed E-state index contributed by atoms with van der Waals surface area (Å²) in [5.41, 5.74) is 1.60. The van der Waals surface area contributed by atoms with Gasteiger partial charge in [-0.25, -0.2) is 4.98 Å². The van der Waals surface area contributed by atoms with Gasteiger partial charge in [0.05, 0.1) is 10.6 Å². The van der Waals surface area contributed by atoms with E-state index < -0.39 is 10.8 Å². The van der Waals surface area contributed by atoms with Crippen molar-refractivity contribution < 1.29 is 14.5 Å². The number of nitrogens with zero attached hydrogens (tertiary/aromatic N) is 2. The molecule has 3 rings (SSSR count). The highest BCUT2D eigenvalue weighted by molar-refractivity contribution is 7.14. The van der Waals surface area contributed by atoms with Crippen molar-refractivity contribution in [2.75, 3.05) is 10.6 Å². The predicted octanol–water partition coefficient (Wildman–Crippen LogP) is 4.58. The molecule has 0 radical (unpaired) electrons. The Morgan fingerprint density at radius 1 is 1.14 bits per heavy atom. The fraction of sp³-hybridized carbons (Fsp3) is 0.0556. The van der Waals surface area contributed by atoms with Crippen LogP contribution in [0.1, 0.15) is 17.3 Å². The van der Waals surface area contributed by atoms with Crippen LogP contribution in [0.4, 0.5) is 16.5 Å². The minimum absolute atomic E-state index is 0.106. The van der Waals surface area contributed by atoms with Crippen LogP contribution in [0.2, 0.25) is 5.02 Å². The van der Waals surface area contributed by atoms with Crippen molar-refractivity contribution >= 4 is 51.3 Å². The number of nitro benzene ring substituents is 1. The fourth-order valence-electron chi connectivity index (χ4n) is 2.40. The molecule has 0 bridgehead atoms. The summed E-state index contributed by atoms with van der Waals surface area (Å²) >= 11 is 6.96. The molecule has 0 spiro atoms. The van der Waals surface area contributed by atoms with Crippen molar-refractivity contribution in [1.82, 2.24) is 4.98 Å². The van der Waals surface area contributed by atoms with Crippen LogP contribution in [0.5, 0.6) is 0 Å². The second-order valence-electron chi connectivity index (χ2n) is 5.67. The van der Waals surface area contributed by atoms with E-state index in [4.69, 9.17) is 11.6 Å². The molecule has 1 heterocycles. The molecule has 3 aromatic rings. The van der Waals surface area contributed by atoms with Crippen LogP contribution in [-0.2, 0) is 4.79 Å². The number of carbonyl (C=O) groups is 2. The first-order chi connectivity index (χ1) is 13.3. The van der Waals surface area contributed by atoms with Gasteiger partial charge in [0.25, 0.3) is 11.6 Å². The van der Waals surface area contributed by atoms with Crippen LogP contribution < -0.4 is 10.6 Å².